The highest BCUT2D eigenvalue weighted by atomic mass is 16.5. The van der Waals surface area contributed by atoms with Crippen LogP contribution in [0.2, 0.25) is 0 Å². The van der Waals surface area contributed by atoms with Crippen LogP contribution in [0.3, 0.4) is 0 Å². The summed E-state index contributed by atoms with van der Waals surface area (Å²) in [6, 6.07) is -0.147. The van der Waals surface area contributed by atoms with Crippen molar-refractivity contribution in [1.29, 1.82) is 0 Å². The molecule has 1 heterocycles. The maximum atomic E-state index is 12.3. The summed E-state index contributed by atoms with van der Waals surface area (Å²) in [6.45, 7) is 9.03. The number of nitrogens with zero attached hydrogens (tertiary/aromatic N) is 2. The summed E-state index contributed by atoms with van der Waals surface area (Å²) in [5, 5.41) is 8.65. The average molecular weight is 272 g/mol. The molecule has 0 aliphatic carbocycles. The standard InChI is InChI=1S/C13H24N2O4/c1-12(2)8-15(9-13(3,4)19-12)11(18)14(5)7-6-10(16)17/h6-9H2,1-5H3,(H,16,17). The van der Waals surface area contributed by atoms with E-state index >= 15 is 0 Å². The Labute approximate surface area is 114 Å². The van der Waals surface area contributed by atoms with Gasteiger partial charge in [0.05, 0.1) is 30.7 Å². The van der Waals surface area contributed by atoms with Gasteiger partial charge in [-0.3, -0.25) is 4.79 Å². The summed E-state index contributed by atoms with van der Waals surface area (Å²) in [5.41, 5.74) is -0.796. The van der Waals surface area contributed by atoms with Gasteiger partial charge in [0, 0.05) is 13.6 Å². The van der Waals surface area contributed by atoms with E-state index in [1.807, 2.05) is 27.7 Å². The van der Waals surface area contributed by atoms with Crippen molar-refractivity contribution in [2.75, 3.05) is 26.7 Å². The molecule has 19 heavy (non-hydrogen) atoms. The van der Waals surface area contributed by atoms with Crippen LogP contribution >= 0.6 is 0 Å². The SMILES string of the molecule is CN(CCC(=O)O)C(=O)N1CC(C)(C)OC(C)(C)C1. The zero-order valence-corrected chi connectivity index (χ0v) is 12.4. The molecule has 1 aliphatic rings. The van der Waals surface area contributed by atoms with Gasteiger partial charge < -0.3 is 19.6 Å². The molecule has 0 aromatic carbocycles. The fourth-order valence-electron chi connectivity index (χ4n) is 2.52. The Balaban J connectivity index is 2.68. The summed E-state index contributed by atoms with van der Waals surface area (Å²) in [7, 11) is 1.63. The summed E-state index contributed by atoms with van der Waals surface area (Å²) in [5.74, 6) is -0.901. The number of urea groups is 1. The molecule has 0 radical (unpaired) electrons. The molecule has 6 nitrogen and oxygen atoms in total. The Kier molecular flexibility index (Phi) is 4.45. The number of hydrogen-bond donors (Lipinski definition) is 1. The van der Waals surface area contributed by atoms with Crippen LogP contribution in [0.25, 0.3) is 0 Å². The van der Waals surface area contributed by atoms with Crippen molar-refractivity contribution in [3.8, 4) is 0 Å². The normalized spacial score (nSPS) is 21.0. The minimum atomic E-state index is -0.901. The Bertz CT molecular complexity index is 350. The second kappa shape index (κ2) is 5.36. The largest absolute Gasteiger partial charge is 0.481 e. The Hall–Kier alpha value is -1.30. The third-order valence-corrected chi connectivity index (χ3v) is 2.95. The first kappa shape index (κ1) is 15.8. The fourth-order valence-corrected chi connectivity index (χ4v) is 2.52. The highest BCUT2D eigenvalue weighted by molar-refractivity contribution is 5.75. The third kappa shape index (κ3) is 4.70. The Morgan fingerprint density at radius 3 is 2.11 bits per heavy atom. The predicted molar refractivity (Wildman–Crippen MR) is 71.1 cm³/mol. The number of hydrogen-bond acceptors (Lipinski definition) is 3. The number of carbonyl (C=O) groups excluding carboxylic acids is 1. The Morgan fingerprint density at radius 1 is 1.21 bits per heavy atom. The number of aliphatic carboxylic acids is 1. The second-order valence-corrected chi connectivity index (χ2v) is 6.33. The monoisotopic (exact) mass is 272 g/mol. The topological polar surface area (TPSA) is 70.1 Å². The second-order valence-electron chi connectivity index (χ2n) is 6.33. The highest BCUT2D eigenvalue weighted by Gasteiger charge is 2.40. The van der Waals surface area contributed by atoms with Crippen LogP contribution in [0.15, 0.2) is 0 Å². The van der Waals surface area contributed by atoms with Gasteiger partial charge in [0.1, 0.15) is 0 Å². The molecular formula is C13H24N2O4. The van der Waals surface area contributed by atoms with Gasteiger partial charge in [-0.1, -0.05) is 0 Å². The van der Waals surface area contributed by atoms with Gasteiger partial charge >= 0.3 is 12.0 Å². The van der Waals surface area contributed by atoms with E-state index in [1.165, 1.54) is 4.90 Å². The fraction of sp³-hybridized carbons (Fsp3) is 0.846. The third-order valence-electron chi connectivity index (χ3n) is 2.95. The molecule has 2 amide bonds. The predicted octanol–water partition coefficient (Wildman–Crippen LogP) is 1.40. The maximum absolute atomic E-state index is 12.3. The number of rotatable bonds is 3. The first-order valence-electron chi connectivity index (χ1n) is 6.44. The highest BCUT2D eigenvalue weighted by Crippen LogP contribution is 2.28. The van der Waals surface area contributed by atoms with Gasteiger partial charge in [-0.2, -0.15) is 0 Å². The number of amides is 2. The van der Waals surface area contributed by atoms with E-state index < -0.39 is 17.2 Å². The summed E-state index contributed by atoms with van der Waals surface area (Å²) < 4.78 is 5.91. The van der Waals surface area contributed by atoms with Gasteiger partial charge in [-0.15, -0.1) is 0 Å². The van der Waals surface area contributed by atoms with E-state index in [4.69, 9.17) is 9.84 Å². The number of carbonyl (C=O) groups is 2. The van der Waals surface area contributed by atoms with Crippen LogP contribution in [0.5, 0.6) is 0 Å². The minimum absolute atomic E-state index is 0.0423. The molecule has 0 unspecified atom stereocenters. The molecule has 0 aromatic heterocycles. The number of morpholine rings is 1. The van der Waals surface area contributed by atoms with Crippen LogP contribution in [0.4, 0.5) is 4.79 Å². The van der Waals surface area contributed by atoms with Crippen molar-refractivity contribution in [3.05, 3.63) is 0 Å². The van der Waals surface area contributed by atoms with Gasteiger partial charge in [0.15, 0.2) is 0 Å². The van der Waals surface area contributed by atoms with Crippen molar-refractivity contribution in [2.24, 2.45) is 0 Å². The molecule has 0 atom stereocenters. The molecular weight excluding hydrogens is 248 g/mol. The van der Waals surface area contributed by atoms with Crippen molar-refractivity contribution in [1.82, 2.24) is 9.80 Å². The quantitative estimate of drug-likeness (QED) is 0.843. The molecule has 0 spiro atoms. The molecule has 1 aliphatic heterocycles. The number of ether oxygens (including phenoxy) is 1. The van der Waals surface area contributed by atoms with Gasteiger partial charge in [0.25, 0.3) is 0 Å². The van der Waals surface area contributed by atoms with Crippen LogP contribution in [0, 0.1) is 0 Å². The lowest BCUT2D eigenvalue weighted by molar-refractivity contribution is -0.171. The number of carboxylic acids is 1. The maximum Gasteiger partial charge on any atom is 0.319 e. The van der Waals surface area contributed by atoms with Gasteiger partial charge in [-0.05, 0) is 27.7 Å². The molecule has 1 rings (SSSR count). The van der Waals surface area contributed by atoms with Crippen LogP contribution in [-0.2, 0) is 9.53 Å². The van der Waals surface area contributed by atoms with Crippen LogP contribution in [-0.4, -0.2) is 64.8 Å². The first-order chi connectivity index (χ1) is 8.52. The van der Waals surface area contributed by atoms with Crippen molar-refractivity contribution < 1.29 is 19.4 Å². The van der Waals surface area contributed by atoms with E-state index in [0.29, 0.717) is 13.1 Å². The molecule has 6 heteroatoms. The van der Waals surface area contributed by atoms with Gasteiger partial charge in [0.2, 0.25) is 0 Å². The van der Waals surface area contributed by atoms with Crippen molar-refractivity contribution >= 4 is 12.0 Å². The van der Waals surface area contributed by atoms with E-state index in [2.05, 4.69) is 0 Å². The average Bonchev–Trinajstić information content (AvgIpc) is 2.20. The lowest BCUT2D eigenvalue weighted by Crippen LogP contribution is -2.60. The van der Waals surface area contributed by atoms with Crippen LogP contribution < -0.4 is 0 Å². The molecule has 1 N–H and O–H groups in total. The molecule has 0 aromatic rings. The van der Waals surface area contributed by atoms with Crippen molar-refractivity contribution in [2.45, 2.75) is 45.3 Å². The molecule has 1 saturated heterocycles. The molecule has 0 bridgehead atoms. The zero-order valence-electron chi connectivity index (χ0n) is 12.4. The van der Waals surface area contributed by atoms with E-state index in [-0.39, 0.29) is 19.0 Å². The van der Waals surface area contributed by atoms with E-state index in [1.54, 1.807) is 11.9 Å². The van der Waals surface area contributed by atoms with Gasteiger partial charge in [-0.25, -0.2) is 4.79 Å². The minimum Gasteiger partial charge on any atom is -0.481 e. The Morgan fingerprint density at radius 2 is 1.68 bits per heavy atom. The van der Waals surface area contributed by atoms with Crippen molar-refractivity contribution in [3.63, 3.8) is 0 Å². The zero-order chi connectivity index (χ0) is 14.8. The summed E-state index contributed by atoms with van der Waals surface area (Å²) >= 11 is 0. The molecule has 0 saturated carbocycles. The van der Waals surface area contributed by atoms with Crippen LogP contribution in [0.1, 0.15) is 34.1 Å². The lowest BCUT2D eigenvalue weighted by Gasteiger charge is -2.47. The lowest BCUT2D eigenvalue weighted by atomic mass is 9.99. The summed E-state index contributed by atoms with van der Waals surface area (Å²) in [6.07, 6.45) is -0.0423. The van der Waals surface area contributed by atoms with E-state index in [9.17, 15) is 9.59 Å². The smallest absolute Gasteiger partial charge is 0.319 e. The molecule has 110 valence electrons. The molecule has 1 fully saturated rings. The number of carboxylic acid groups (broad SMARTS) is 1. The summed E-state index contributed by atoms with van der Waals surface area (Å²) in [4.78, 5) is 26.0. The first-order valence-corrected chi connectivity index (χ1v) is 6.44. The van der Waals surface area contributed by atoms with E-state index in [0.717, 1.165) is 0 Å².